The van der Waals surface area contributed by atoms with E-state index in [4.69, 9.17) is 4.74 Å². The van der Waals surface area contributed by atoms with Crippen molar-refractivity contribution in [2.75, 3.05) is 6.61 Å². The highest BCUT2D eigenvalue weighted by atomic mass is 16.5. The molecule has 13 heavy (non-hydrogen) atoms. The van der Waals surface area contributed by atoms with Crippen molar-refractivity contribution in [3.05, 3.63) is 35.4 Å². The van der Waals surface area contributed by atoms with E-state index in [0.717, 1.165) is 17.5 Å². The summed E-state index contributed by atoms with van der Waals surface area (Å²) in [6, 6.07) is 7.41. The fourth-order valence-corrected chi connectivity index (χ4v) is 1.59. The van der Waals surface area contributed by atoms with Gasteiger partial charge in [0.25, 0.3) is 0 Å². The second kappa shape index (κ2) is 3.18. The summed E-state index contributed by atoms with van der Waals surface area (Å²) < 4.78 is 5.10. The third-order valence-electron chi connectivity index (χ3n) is 2.21. The predicted octanol–water partition coefficient (Wildman–Crippen LogP) is 0.0503. The molecule has 2 rings (SSSR count). The van der Waals surface area contributed by atoms with Crippen molar-refractivity contribution in [2.24, 2.45) is 0 Å². The normalized spacial score (nSPS) is 20.8. The number of hydrogen-bond acceptors (Lipinski definition) is 3. The quantitative estimate of drug-likeness (QED) is 0.609. The maximum absolute atomic E-state index is 10.7. The Balaban J connectivity index is 2.42. The molecule has 1 aliphatic rings. The number of carbonyl (C=O) groups is 1. The fraction of sp³-hybridized carbons (Fsp3) is 0.300. The van der Waals surface area contributed by atoms with E-state index in [2.05, 4.69) is 0 Å². The molecule has 0 aliphatic carbocycles. The van der Waals surface area contributed by atoms with E-state index < -0.39 is 12.1 Å². The summed E-state index contributed by atoms with van der Waals surface area (Å²) in [4.78, 5) is 10.7. The number of carbonyl (C=O) groups excluding carboxylic acids is 1. The standard InChI is InChI=1S/C10H10O3/c11-10(12)9-8-4-2-1-3-7(8)5-6-13-9/h1-4,9H,5-6H2,(H,11,12)/p-1/t9-/m1/s1. The van der Waals surface area contributed by atoms with Gasteiger partial charge in [0.15, 0.2) is 0 Å². The molecule has 0 spiro atoms. The van der Waals surface area contributed by atoms with Crippen LogP contribution in [0.15, 0.2) is 24.3 Å². The first kappa shape index (κ1) is 8.26. The molecule has 0 unspecified atom stereocenters. The molecule has 0 radical (unpaired) electrons. The molecule has 1 heterocycles. The van der Waals surface area contributed by atoms with Crippen LogP contribution >= 0.6 is 0 Å². The Kier molecular flexibility index (Phi) is 2.02. The molecular weight excluding hydrogens is 168 g/mol. The Morgan fingerprint density at radius 2 is 2.23 bits per heavy atom. The van der Waals surface area contributed by atoms with Crippen molar-refractivity contribution in [3.8, 4) is 0 Å². The molecule has 1 aromatic rings. The zero-order chi connectivity index (χ0) is 9.26. The first-order valence-electron chi connectivity index (χ1n) is 4.19. The van der Waals surface area contributed by atoms with Crippen LogP contribution in [-0.4, -0.2) is 12.6 Å². The topological polar surface area (TPSA) is 49.4 Å². The minimum Gasteiger partial charge on any atom is -0.547 e. The maximum Gasteiger partial charge on any atom is 0.122 e. The Hall–Kier alpha value is -1.35. The molecule has 0 amide bonds. The SMILES string of the molecule is O=C([O-])[C@@H]1OCCc2ccccc21. The summed E-state index contributed by atoms with van der Waals surface area (Å²) in [7, 11) is 0. The van der Waals surface area contributed by atoms with Gasteiger partial charge < -0.3 is 14.6 Å². The number of aliphatic carboxylic acids is 1. The summed E-state index contributed by atoms with van der Waals surface area (Å²) in [6.45, 7) is 0.454. The van der Waals surface area contributed by atoms with Crippen LogP contribution in [-0.2, 0) is 16.0 Å². The van der Waals surface area contributed by atoms with Gasteiger partial charge in [0, 0.05) is 0 Å². The van der Waals surface area contributed by atoms with E-state index in [1.165, 1.54) is 0 Å². The third-order valence-corrected chi connectivity index (χ3v) is 2.21. The number of rotatable bonds is 1. The van der Waals surface area contributed by atoms with Crippen LogP contribution in [0.5, 0.6) is 0 Å². The lowest BCUT2D eigenvalue weighted by Gasteiger charge is -2.26. The monoisotopic (exact) mass is 177 g/mol. The maximum atomic E-state index is 10.7. The van der Waals surface area contributed by atoms with E-state index in [1.807, 2.05) is 18.2 Å². The van der Waals surface area contributed by atoms with Crippen molar-refractivity contribution in [1.29, 1.82) is 0 Å². The third kappa shape index (κ3) is 1.42. The number of carboxylic acid groups (broad SMARTS) is 1. The van der Waals surface area contributed by atoms with Gasteiger partial charge in [0.05, 0.1) is 12.6 Å². The van der Waals surface area contributed by atoms with Crippen molar-refractivity contribution >= 4 is 5.97 Å². The molecule has 0 saturated heterocycles. The zero-order valence-electron chi connectivity index (χ0n) is 7.03. The van der Waals surface area contributed by atoms with Crippen LogP contribution in [0.3, 0.4) is 0 Å². The van der Waals surface area contributed by atoms with Crippen molar-refractivity contribution in [2.45, 2.75) is 12.5 Å². The molecule has 3 heteroatoms. The lowest BCUT2D eigenvalue weighted by molar-refractivity contribution is -0.318. The predicted molar refractivity (Wildman–Crippen MR) is 43.8 cm³/mol. The average Bonchev–Trinajstić information content (AvgIpc) is 2.17. The van der Waals surface area contributed by atoms with Crippen LogP contribution in [0.25, 0.3) is 0 Å². The van der Waals surface area contributed by atoms with Gasteiger partial charge in [-0.15, -0.1) is 0 Å². The molecule has 1 atom stereocenters. The minimum absolute atomic E-state index is 0.454. The molecule has 68 valence electrons. The van der Waals surface area contributed by atoms with Crippen molar-refractivity contribution < 1.29 is 14.6 Å². The van der Waals surface area contributed by atoms with E-state index in [-0.39, 0.29) is 0 Å². The van der Waals surface area contributed by atoms with Gasteiger partial charge in [-0.05, 0) is 17.5 Å². The van der Waals surface area contributed by atoms with Gasteiger partial charge in [-0.3, -0.25) is 0 Å². The van der Waals surface area contributed by atoms with Gasteiger partial charge in [-0.1, -0.05) is 24.3 Å². The smallest absolute Gasteiger partial charge is 0.122 e. The zero-order valence-corrected chi connectivity index (χ0v) is 7.03. The largest absolute Gasteiger partial charge is 0.547 e. The minimum atomic E-state index is -1.16. The summed E-state index contributed by atoms with van der Waals surface area (Å²) in [5.74, 6) is -1.16. The number of carboxylic acids is 1. The second-order valence-corrected chi connectivity index (χ2v) is 3.02. The molecule has 0 fully saturated rings. The lowest BCUT2D eigenvalue weighted by Crippen LogP contribution is -2.34. The van der Waals surface area contributed by atoms with Gasteiger partial charge in [-0.2, -0.15) is 0 Å². The molecule has 0 aromatic heterocycles. The highest BCUT2D eigenvalue weighted by Crippen LogP contribution is 2.25. The fourth-order valence-electron chi connectivity index (χ4n) is 1.59. The molecule has 1 aliphatic heterocycles. The van der Waals surface area contributed by atoms with E-state index in [1.54, 1.807) is 6.07 Å². The second-order valence-electron chi connectivity index (χ2n) is 3.02. The number of fused-ring (bicyclic) bond motifs is 1. The summed E-state index contributed by atoms with van der Waals surface area (Å²) >= 11 is 0. The van der Waals surface area contributed by atoms with Gasteiger partial charge in [0.2, 0.25) is 0 Å². The van der Waals surface area contributed by atoms with Crippen LogP contribution in [0.4, 0.5) is 0 Å². The van der Waals surface area contributed by atoms with Gasteiger partial charge in [0.1, 0.15) is 6.10 Å². The Morgan fingerprint density at radius 1 is 1.46 bits per heavy atom. The highest BCUT2D eigenvalue weighted by molar-refractivity contribution is 5.73. The van der Waals surface area contributed by atoms with Gasteiger partial charge in [-0.25, -0.2) is 0 Å². The number of hydrogen-bond donors (Lipinski definition) is 0. The summed E-state index contributed by atoms with van der Waals surface area (Å²) in [5, 5.41) is 10.7. The number of ether oxygens (including phenoxy) is 1. The first-order valence-corrected chi connectivity index (χ1v) is 4.19. The Bertz CT molecular complexity index is 333. The Morgan fingerprint density at radius 3 is 3.00 bits per heavy atom. The Labute approximate surface area is 76.0 Å². The molecule has 0 bridgehead atoms. The highest BCUT2D eigenvalue weighted by Gasteiger charge is 2.20. The number of benzene rings is 1. The van der Waals surface area contributed by atoms with Crippen LogP contribution < -0.4 is 5.11 Å². The van der Waals surface area contributed by atoms with Crippen molar-refractivity contribution in [1.82, 2.24) is 0 Å². The summed E-state index contributed by atoms with van der Waals surface area (Å²) in [5.41, 5.74) is 1.77. The molecule has 3 nitrogen and oxygen atoms in total. The molecule has 0 saturated carbocycles. The molecule has 0 N–H and O–H groups in total. The molecular formula is C10H9O3-. The van der Waals surface area contributed by atoms with E-state index >= 15 is 0 Å². The van der Waals surface area contributed by atoms with Crippen molar-refractivity contribution in [3.63, 3.8) is 0 Å². The van der Waals surface area contributed by atoms with Crippen LogP contribution in [0.2, 0.25) is 0 Å². The van der Waals surface area contributed by atoms with Crippen LogP contribution in [0.1, 0.15) is 17.2 Å². The van der Waals surface area contributed by atoms with E-state index in [9.17, 15) is 9.90 Å². The lowest BCUT2D eigenvalue weighted by atomic mass is 9.98. The van der Waals surface area contributed by atoms with E-state index in [0.29, 0.717) is 6.61 Å². The summed E-state index contributed by atoms with van der Waals surface area (Å²) in [6.07, 6.45) is -0.107. The van der Waals surface area contributed by atoms with Gasteiger partial charge >= 0.3 is 0 Å². The average molecular weight is 177 g/mol. The van der Waals surface area contributed by atoms with Crippen LogP contribution in [0, 0.1) is 0 Å². The molecule has 1 aromatic carbocycles. The first-order chi connectivity index (χ1) is 6.29.